The summed E-state index contributed by atoms with van der Waals surface area (Å²) in [7, 11) is 1.42. The number of halogens is 1. The molecule has 1 amide bonds. The van der Waals surface area contributed by atoms with Gasteiger partial charge < -0.3 is 20.9 Å². The van der Waals surface area contributed by atoms with E-state index in [-0.39, 0.29) is 24.6 Å². The summed E-state index contributed by atoms with van der Waals surface area (Å²) in [6.07, 6.45) is -1.05. The van der Waals surface area contributed by atoms with Crippen LogP contribution in [0.2, 0.25) is 0 Å². The Bertz CT molecular complexity index is 398. The predicted octanol–water partition coefficient (Wildman–Crippen LogP) is -0.0574. The molecule has 0 radical (unpaired) electrons. The number of carbonyl (C=O) groups is 1. The van der Waals surface area contributed by atoms with E-state index in [9.17, 15) is 14.3 Å². The standard InChI is InChI=1S/C11H15FN2O3/c1-17-10-3-2-7(12)4-8(10)9(15)6-14-11(16)5-13/h2-4,9,15H,5-6,13H2,1H3,(H,14,16). The number of ether oxygens (including phenoxy) is 1. The van der Waals surface area contributed by atoms with E-state index in [2.05, 4.69) is 5.32 Å². The van der Waals surface area contributed by atoms with Gasteiger partial charge in [-0.25, -0.2) is 4.39 Å². The zero-order valence-electron chi connectivity index (χ0n) is 9.44. The molecule has 0 spiro atoms. The molecule has 0 aliphatic rings. The first-order valence-electron chi connectivity index (χ1n) is 5.06. The second-order valence-electron chi connectivity index (χ2n) is 3.41. The van der Waals surface area contributed by atoms with Crippen LogP contribution >= 0.6 is 0 Å². The highest BCUT2D eigenvalue weighted by Gasteiger charge is 2.14. The lowest BCUT2D eigenvalue weighted by Gasteiger charge is -2.15. The highest BCUT2D eigenvalue weighted by Crippen LogP contribution is 2.25. The molecule has 0 saturated heterocycles. The fourth-order valence-electron chi connectivity index (χ4n) is 1.36. The van der Waals surface area contributed by atoms with Gasteiger partial charge in [-0.2, -0.15) is 0 Å². The van der Waals surface area contributed by atoms with E-state index in [0.717, 1.165) is 6.07 Å². The summed E-state index contributed by atoms with van der Waals surface area (Å²) >= 11 is 0. The predicted molar refractivity (Wildman–Crippen MR) is 60.0 cm³/mol. The molecular formula is C11H15FN2O3. The van der Waals surface area contributed by atoms with Crippen molar-refractivity contribution in [2.75, 3.05) is 20.2 Å². The Morgan fingerprint density at radius 1 is 1.65 bits per heavy atom. The van der Waals surface area contributed by atoms with Crippen molar-refractivity contribution in [3.63, 3.8) is 0 Å². The minimum absolute atomic E-state index is 0.0458. The van der Waals surface area contributed by atoms with Gasteiger partial charge in [-0.3, -0.25) is 4.79 Å². The molecule has 94 valence electrons. The van der Waals surface area contributed by atoms with Crippen LogP contribution in [0.5, 0.6) is 5.75 Å². The van der Waals surface area contributed by atoms with Crippen LogP contribution in [0.1, 0.15) is 11.7 Å². The largest absolute Gasteiger partial charge is 0.496 e. The van der Waals surface area contributed by atoms with Crippen LogP contribution in [0.25, 0.3) is 0 Å². The summed E-state index contributed by atoms with van der Waals surface area (Å²) in [6, 6.07) is 3.81. The van der Waals surface area contributed by atoms with Crippen molar-refractivity contribution in [3.05, 3.63) is 29.6 Å². The molecule has 1 atom stereocenters. The molecule has 1 aromatic carbocycles. The highest BCUT2D eigenvalue weighted by atomic mass is 19.1. The van der Waals surface area contributed by atoms with Crippen LogP contribution in [0.4, 0.5) is 4.39 Å². The molecule has 0 aliphatic carbocycles. The number of rotatable bonds is 5. The average molecular weight is 242 g/mol. The maximum absolute atomic E-state index is 13.0. The Hall–Kier alpha value is -1.66. The van der Waals surface area contributed by atoms with Gasteiger partial charge in [0.15, 0.2) is 0 Å². The Balaban J connectivity index is 2.76. The molecule has 17 heavy (non-hydrogen) atoms. The third-order valence-electron chi connectivity index (χ3n) is 2.23. The van der Waals surface area contributed by atoms with Gasteiger partial charge in [0, 0.05) is 12.1 Å². The van der Waals surface area contributed by atoms with Gasteiger partial charge in [-0.15, -0.1) is 0 Å². The molecule has 0 aromatic heterocycles. The topological polar surface area (TPSA) is 84.6 Å². The summed E-state index contributed by atoms with van der Waals surface area (Å²) < 4.78 is 18.0. The van der Waals surface area contributed by atoms with E-state index in [1.807, 2.05) is 0 Å². The summed E-state index contributed by atoms with van der Waals surface area (Å²) in [5, 5.41) is 12.2. The van der Waals surface area contributed by atoms with Crippen molar-refractivity contribution in [2.24, 2.45) is 5.73 Å². The molecule has 1 rings (SSSR count). The van der Waals surface area contributed by atoms with Crippen molar-refractivity contribution >= 4 is 5.91 Å². The molecule has 4 N–H and O–H groups in total. The summed E-state index contributed by atoms with van der Waals surface area (Å²) in [5.41, 5.74) is 5.38. The number of carbonyl (C=O) groups excluding carboxylic acids is 1. The van der Waals surface area contributed by atoms with E-state index >= 15 is 0 Å². The second-order valence-corrected chi connectivity index (χ2v) is 3.41. The Kier molecular flexibility index (Phi) is 4.86. The van der Waals surface area contributed by atoms with Gasteiger partial charge in [0.05, 0.1) is 19.8 Å². The fraction of sp³-hybridized carbons (Fsp3) is 0.364. The minimum Gasteiger partial charge on any atom is -0.496 e. The number of nitrogens with one attached hydrogen (secondary N) is 1. The molecule has 1 aromatic rings. The number of nitrogens with two attached hydrogens (primary N) is 1. The number of aliphatic hydroxyl groups is 1. The molecule has 0 bridgehead atoms. The van der Waals surface area contributed by atoms with Crippen LogP contribution in [0.15, 0.2) is 18.2 Å². The smallest absolute Gasteiger partial charge is 0.233 e. The molecule has 6 heteroatoms. The third-order valence-corrected chi connectivity index (χ3v) is 2.23. The summed E-state index contributed by atoms with van der Waals surface area (Å²) in [5.74, 6) is -0.509. The van der Waals surface area contributed by atoms with Crippen LogP contribution in [0, 0.1) is 5.82 Å². The van der Waals surface area contributed by atoms with E-state index in [4.69, 9.17) is 10.5 Å². The molecule has 0 fully saturated rings. The molecule has 1 unspecified atom stereocenters. The van der Waals surface area contributed by atoms with Crippen molar-refractivity contribution in [3.8, 4) is 5.75 Å². The van der Waals surface area contributed by atoms with Crippen LogP contribution < -0.4 is 15.8 Å². The van der Waals surface area contributed by atoms with Crippen molar-refractivity contribution < 1.29 is 19.0 Å². The lowest BCUT2D eigenvalue weighted by Crippen LogP contribution is -2.33. The summed E-state index contributed by atoms with van der Waals surface area (Å²) in [6.45, 7) is -0.206. The monoisotopic (exact) mass is 242 g/mol. The highest BCUT2D eigenvalue weighted by molar-refractivity contribution is 5.77. The SMILES string of the molecule is COc1ccc(F)cc1C(O)CNC(=O)CN. The molecular weight excluding hydrogens is 227 g/mol. The number of amides is 1. The fourth-order valence-corrected chi connectivity index (χ4v) is 1.36. The quantitative estimate of drug-likeness (QED) is 0.675. The first kappa shape index (κ1) is 13.4. The number of hydrogen-bond acceptors (Lipinski definition) is 4. The summed E-state index contributed by atoms with van der Waals surface area (Å²) in [4.78, 5) is 10.9. The number of methoxy groups -OCH3 is 1. The Morgan fingerprint density at radius 3 is 2.94 bits per heavy atom. The normalized spacial score (nSPS) is 12.0. The van der Waals surface area contributed by atoms with Crippen LogP contribution in [0.3, 0.4) is 0 Å². The first-order chi connectivity index (χ1) is 8.08. The van der Waals surface area contributed by atoms with Crippen molar-refractivity contribution in [2.45, 2.75) is 6.10 Å². The third kappa shape index (κ3) is 3.69. The number of benzene rings is 1. The molecule has 0 heterocycles. The van der Waals surface area contributed by atoms with Crippen molar-refractivity contribution in [1.29, 1.82) is 0 Å². The van der Waals surface area contributed by atoms with E-state index in [1.165, 1.54) is 19.2 Å². The van der Waals surface area contributed by atoms with Crippen LogP contribution in [-0.4, -0.2) is 31.2 Å². The van der Waals surface area contributed by atoms with E-state index in [0.29, 0.717) is 5.75 Å². The van der Waals surface area contributed by atoms with E-state index < -0.39 is 11.9 Å². The number of hydrogen-bond donors (Lipinski definition) is 3. The van der Waals surface area contributed by atoms with Gasteiger partial charge in [0.25, 0.3) is 0 Å². The minimum atomic E-state index is -1.05. The maximum Gasteiger partial charge on any atom is 0.233 e. The maximum atomic E-state index is 13.0. The van der Waals surface area contributed by atoms with Crippen molar-refractivity contribution in [1.82, 2.24) is 5.32 Å². The molecule has 0 aliphatic heterocycles. The Morgan fingerprint density at radius 2 is 2.35 bits per heavy atom. The van der Waals surface area contributed by atoms with E-state index in [1.54, 1.807) is 0 Å². The van der Waals surface area contributed by atoms with Gasteiger partial charge in [-0.1, -0.05) is 0 Å². The van der Waals surface area contributed by atoms with Gasteiger partial charge >= 0.3 is 0 Å². The Labute approximate surface area is 98.4 Å². The number of aliphatic hydroxyl groups excluding tert-OH is 1. The molecule has 0 saturated carbocycles. The van der Waals surface area contributed by atoms with Gasteiger partial charge in [-0.05, 0) is 18.2 Å². The molecule has 5 nitrogen and oxygen atoms in total. The average Bonchev–Trinajstić information content (AvgIpc) is 2.35. The lowest BCUT2D eigenvalue weighted by molar-refractivity contribution is -0.120. The second kappa shape index (κ2) is 6.17. The van der Waals surface area contributed by atoms with Crippen LogP contribution in [-0.2, 0) is 4.79 Å². The van der Waals surface area contributed by atoms with Gasteiger partial charge in [0.1, 0.15) is 11.6 Å². The first-order valence-corrected chi connectivity index (χ1v) is 5.06. The zero-order chi connectivity index (χ0) is 12.8. The zero-order valence-corrected chi connectivity index (χ0v) is 9.44. The lowest BCUT2D eigenvalue weighted by atomic mass is 10.1. The van der Waals surface area contributed by atoms with Gasteiger partial charge in [0.2, 0.25) is 5.91 Å².